The van der Waals surface area contributed by atoms with Crippen LogP contribution in [0.1, 0.15) is 30.3 Å². The SMILES string of the molecule is CCOC(=O)CN(C(=O)c1ccn[nH]1)C1CC1. The molecule has 1 aliphatic rings. The van der Waals surface area contributed by atoms with Crippen molar-refractivity contribution in [3.05, 3.63) is 18.0 Å². The van der Waals surface area contributed by atoms with Crippen LogP contribution in [0.4, 0.5) is 0 Å². The Balaban J connectivity index is 2.02. The van der Waals surface area contributed by atoms with E-state index in [4.69, 9.17) is 4.74 Å². The highest BCUT2D eigenvalue weighted by molar-refractivity contribution is 5.94. The summed E-state index contributed by atoms with van der Waals surface area (Å²) in [5.74, 6) is -0.565. The number of nitrogens with one attached hydrogen (secondary N) is 1. The summed E-state index contributed by atoms with van der Waals surface area (Å²) in [7, 11) is 0. The number of H-pyrrole nitrogens is 1. The standard InChI is InChI=1S/C11H15N3O3/c1-2-17-10(15)7-14(8-3-4-8)11(16)9-5-6-12-13-9/h5-6,8H,2-4,7H2,1H3,(H,12,13). The molecule has 1 aromatic rings. The molecule has 1 N–H and O–H groups in total. The third-order valence-corrected chi connectivity index (χ3v) is 2.58. The molecule has 92 valence electrons. The van der Waals surface area contributed by atoms with Crippen LogP contribution in [0.5, 0.6) is 0 Å². The lowest BCUT2D eigenvalue weighted by Gasteiger charge is -2.20. The van der Waals surface area contributed by atoms with Gasteiger partial charge < -0.3 is 9.64 Å². The van der Waals surface area contributed by atoms with Gasteiger partial charge in [-0.05, 0) is 25.8 Å². The first-order valence-electron chi connectivity index (χ1n) is 5.68. The fourth-order valence-corrected chi connectivity index (χ4v) is 1.63. The van der Waals surface area contributed by atoms with Gasteiger partial charge in [0, 0.05) is 12.2 Å². The maximum Gasteiger partial charge on any atom is 0.325 e. The quantitative estimate of drug-likeness (QED) is 0.760. The molecule has 0 bridgehead atoms. The number of amides is 1. The van der Waals surface area contributed by atoms with Crippen molar-refractivity contribution in [1.82, 2.24) is 15.1 Å². The van der Waals surface area contributed by atoms with Gasteiger partial charge in [-0.1, -0.05) is 0 Å². The monoisotopic (exact) mass is 237 g/mol. The van der Waals surface area contributed by atoms with Crippen LogP contribution < -0.4 is 0 Å². The summed E-state index contributed by atoms with van der Waals surface area (Å²) in [4.78, 5) is 25.0. The number of esters is 1. The van der Waals surface area contributed by atoms with Crippen molar-refractivity contribution in [3.63, 3.8) is 0 Å². The minimum absolute atomic E-state index is 0.0103. The second-order valence-electron chi connectivity index (χ2n) is 3.94. The van der Waals surface area contributed by atoms with Gasteiger partial charge >= 0.3 is 5.97 Å². The van der Waals surface area contributed by atoms with Crippen molar-refractivity contribution in [3.8, 4) is 0 Å². The van der Waals surface area contributed by atoms with E-state index < -0.39 is 0 Å². The Morgan fingerprint density at radius 2 is 2.35 bits per heavy atom. The molecule has 0 saturated heterocycles. The Bertz CT molecular complexity index is 398. The highest BCUT2D eigenvalue weighted by Gasteiger charge is 2.35. The number of ether oxygens (including phenoxy) is 1. The lowest BCUT2D eigenvalue weighted by molar-refractivity contribution is -0.144. The number of carbonyl (C=O) groups excluding carboxylic acids is 2. The van der Waals surface area contributed by atoms with E-state index >= 15 is 0 Å². The van der Waals surface area contributed by atoms with Gasteiger partial charge in [-0.15, -0.1) is 0 Å². The van der Waals surface area contributed by atoms with E-state index in [1.807, 2.05) is 0 Å². The second kappa shape index (κ2) is 4.99. The molecule has 0 atom stereocenters. The largest absolute Gasteiger partial charge is 0.465 e. The summed E-state index contributed by atoms with van der Waals surface area (Å²) in [6.07, 6.45) is 3.40. The highest BCUT2D eigenvalue weighted by Crippen LogP contribution is 2.27. The molecule has 2 rings (SSSR count). The predicted octanol–water partition coefficient (Wildman–Crippen LogP) is 0.577. The van der Waals surface area contributed by atoms with Crippen molar-refractivity contribution >= 4 is 11.9 Å². The molecule has 0 spiro atoms. The molecular weight excluding hydrogens is 222 g/mol. The van der Waals surface area contributed by atoms with Crippen LogP contribution in [0.15, 0.2) is 12.3 Å². The zero-order valence-corrected chi connectivity index (χ0v) is 9.68. The number of rotatable bonds is 5. The summed E-state index contributed by atoms with van der Waals surface area (Å²) < 4.78 is 4.86. The smallest absolute Gasteiger partial charge is 0.325 e. The Labute approximate surface area is 98.9 Å². The van der Waals surface area contributed by atoms with Crippen LogP contribution >= 0.6 is 0 Å². The van der Waals surface area contributed by atoms with E-state index in [2.05, 4.69) is 10.2 Å². The van der Waals surface area contributed by atoms with Crippen molar-refractivity contribution in [2.24, 2.45) is 0 Å². The first-order chi connectivity index (χ1) is 8.22. The molecule has 1 aliphatic carbocycles. The Morgan fingerprint density at radius 3 is 2.88 bits per heavy atom. The normalized spacial score (nSPS) is 14.4. The van der Waals surface area contributed by atoms with Crippen LogP contribution in [0.25, 0.3) is 0 Å². The molecule has 17 heavy (non-hydrogen) atoms. The van der Waals surface area contributed by atoms with Crippen molar-refractivity contribution in [2.75, 3.05) is 13.2 Å². The fraction of sp³-hybridized carbons (Fsp3) is 0.545. The second-order valence-corrected chi connectivity index (χ2v) is 3.94. The summed E-state index contributed by atoms with van der Waals surface area (Å²) in [6.45, 7) is 2.09. The van der Waals surface area contributed by atoms with Gasteiger partial charge in [-0.2, -0.15) is 5.10 Å². The van der Waals surface area contributed by atoms with E-state index in [1.165, 1.54) is 6.20 Å². The van der Waals surface area contributed by atoms with Crippen LogP contribution in [-0.4, -0.2) is 46.2 Å². The molecule has 1 heterocycles. The average Bonchev–Trinajstić information content (AvgIpc) is 3.00. The number of aromatic amines is 1. The molecule has 6 nitrogen and oxygen atoms in total. The third-order valence-electron chi connectivity index (χ3n) is 2.58. The first kappa shape index (κ1) is 11.6. The van der Waals surface area contributed by atoms with Crippen LogP contribution in [-0.2, 0) is 9.53 Å². The summed E-state index contributed by atoms with van der Waals surface area (Å²) >= 11 is 0. The summed E-state index contributed by atoms with van der Waals surface area (Å²) in [5, 5.41) is 6.34. The molecule has 0 unspecified atom stereocenters. The van der Waals surface area contributed by atoms with E-state index in [9.17, 15) is 9.59 Å². The molecule has 6 heteroatoms. The van der Waals surface area contributed by atoms with Crippen LogP contribution in [0.3, 0.4) is 0 Å². The van der Waals surface area contributed by atoms with Gasteiger partial charge in [0.15, 0.2) is 0 Å². The molecule has 1 aromatic heterocycles. The molecule has 0 aromatic carbocycles. The van der Waals surface area contributed by atoms with Crippen molar-refractivity contribution in [1.29, 1.82) is 0 Å². The Morgan fingerprint density at radius 1 is 1.59 bits per heavy atom. The first-order valence-corrected chi connectivity index (χ1v) is 5.68. The zero-order chi connectivity index (χ0) is 12.3. The Kier molecular flexibility index (Phi) is 3.41. The van der Waals surface area contributed by atoms with Gasteiger partial charge in [-0.3, -0.25) is 14.7 Å². The zero-order valence-electron chi connectivity index (χ0n) is 9.68. The van der Waals surface area contributed by atoms with Gasteiger partial charge in [0.25, 0.3) is 5.91 Å². The summed E-state index contributed by atoms with van der Waals surface area (Å²) in [6, 6.07) is 1.76. The predicted molar refractivity (Wildman–Crippen MR) is 59.3 cm³/mol. The molecule has 1 amide bonds. The molecular formula is C11H15N3O3. The third kappa shape index (κ3) is 2.83. The minimum atomic E-state index is -0.368. The maximum absolute atomic E-state index is 12.1. The van der Waals surface area contributed by atoms with Gasteiger partial charge in [0.2, 0.25) is 0 Å². The lowest BCUT2D eigenvalue weighted by atomic mass is 10.3. The molecule has 1 fully saturated rings. The average molecular weight is 237 g/mol. The fourth-order valence-electron chi connectivity index (χ4n) is 1.63. The molecule has 1 saturated carbocycles. The van der Waals surface area contributed by atoms with Crippen molar-refractivity contribution < 1.29 is 14.3 Å². The molecule has 0 aliphatic heterocycles. The molecule has 0 radical (unpaired) electrons. The number of nitrogens with zero attached hydrogens (tertiary/aromatic N) is 2. The number of aromatic nitrogens is 2. The number of hydrogen-bond donors (Lipinski definition) is 1. The highest BCUT2D eigenvalue weighted by atomic mass is 16.5. The van der Waals surface area contributed by atoms with Gasteiger partial charge in [0.05, 0.1) is 6.61 Å². The van der Waals surface area contributed by atoms with Gasteiger partial charge in [-0.25, -0.2) is 0 Å². The minimum Gasteiger partial charge on any atom is -0.465 e. The van der Waals surface area contributed by atoms with E-state index in [-0.39, 0.29) is 24.5 Å². The number of hydrogen-bond acceptors (Lipinski definition) is 4. The van der Waals surface area contributed by atoms with Gasteiger partial charge in [0.1, 0.15) is 12.2 Å². The Hall–Kier alpha value is -1.85. The van der Waals surface area contributed by atoms with E-state index in [0.717, 1.165) is 12.8 Å². The van der Waals surface area contributed by atoms with E-state index in [0.29, 0.717) is 12.3 Å². The number of carbonyl (C=O) groups is 2. The summed E-state index contributed by atoms with van der Waals surface area (Å²) in [5.41, 5.74) is 0.404. The van der Waals surface area contributed by atoms with E-state index in [1.54, 1.807) is 17.9 Å². The maximum atomic E-state index is 12.1. The van der Waals surface area contributed by atoms with Crippen molar-refractivity contribution in [2.45, 2.75) is 25.8 Å². The van der Waals surface area contributed by atoms with Crippen LogP contribution in [0, 0.1) is 0 Å². The topological polar surface area (TPSA) is 75.3 Å². The lowest BCUT2D eigenvalue weighted by Crippen LogP contribution is -2.38. The van der Waals surface area contributed by atoms with Crippen LogP contribution in [0.2, 0.25) is 0 Å².